The summed E-state index contributed by atoms with van der Waals surface area (Å²) in [5, 5.41) is 8.62. The molecule has 0 aromatic heterocycles. The zero-order chi connectivity index (χ0) is 29.2. The predicted molar refractivity (Wildman–Crippen MR) is 153 cm³/mol. The van der Waals surface area contributed by atoms with Crippen molar-refractivity contribution in [2.24, 2.45) is 5.92 Å². The highest BCUT2D eigenvalue weighted by Crippen LogP contribution is 2.14. The van der Waals surface area contributed by atoms with E-state index in [2.05, 4.69) is 16.0 Å². The second-order valence-corrected chi connectivity index (χ2v) is 9.77. The fourth-order valence-electron chi connectivity index (χ4n) is 3.62. The molecule has 3 amide bonds. The number of benzene rings is 1. The third kappa shape index (κ3) is 14.3. The average molecular weight is 545 g/mol. The maximum absolute atomic E-state index is 12.8. The van der Waals surface area contributed by atoms with Crippen LogP contribution in [0.15, 0.2) is 59.9 Å². The van der Waals surface area contributed by atoms with E-state index in [-0.39, 0.29) is 42.5 Å². The number of ether oxygens (including phenoxy) is 1. The minimum absolute atomic E-state index is 0.0423. The third-order valence-corrected chi connectivity index (χ3v) is 5.89. The molecule has 3 N–H and O–H groups in total. The zero-order valence-electron chi connectivity index (χ0n) is 24.2. The Morgan fingerprint density at radius 3 is 2.33 bits per heavy atom. The first-order valence-corrected chi connectivity index (χ1v) is 13.4. The molecular formula is C30H45FN4O4. The van der Waals surface area contributed by atoms with Crippen molar-refractivity contribution in [3.8, 4) is 0 Å². The fraction of sp³-hybridized carbons (Fsp3) is 0.500. The van der Waals surface area contributed by atoms with Gasteiger partial charge < -0.3 is 25.6 Å². The minimum atomic E-state index is -0.435. The van der Waals surface area contributed by atoms with Gasteiger partial charge in [-0.15, -0.1) is 0 Å². The molecule has 0 spiro atoms. The number of carbonyl (C=O) groups excluding carboxylic acids is 3. The van der Waals surface area contributed by atoms with Gasteiger partial charge in [0, 0.05) is 20.1 Å². The molecule has 1 unspecified atom stereocenters. The van der Waals surface area contributed by atoms with Crippen LogP contribution in [0.25, 0.3) is 0 Å². The van der Waals surface area contributed by atoms with E-state index in [0.29, 0.717) is 19.7 Å². The van der Waals surface area contributed by atoms with Gasteiger partial charge in [0.1, 0.15) is 18.2 Å². The first-order valence-electron chi connectivity index (χ1n) is 13.4. The van der Waals surface area contributed by atoms with Crippen molar-refractivity contribution < 1.29 is 23.5 Å². The highest BCUT2D eigenvalue weighted by atomic mass is 19.1. The predicted octanol–water partition coefficient (Wildman–Crippen LogP) is 3.64. The third-order valence-electron chi connectivity index (χ3n) is 5.89. The number of nitrogens with one attached hydrogen (secondary N) is 3. The summed E-state index contributed by atoms with van der Waals surface area (Å²) in [7, 11) is 1.59. The summed E-state index contributed by atoms with van der Waals surface area (Å²) in [6.45, 7) is 11.0. The van der Waals surface area contributed by atoms with Gasteiger partial charge in [-0.1, -0.05) is 49.8 Å². The Hall–Kier alpha value is -3.46. The SMILES string of the molecule is C\C=C/C=C\C1=C(/C)CCCNC(=O)CNC(=O)CN(C)C(=O)C(C(C)C)NCCO1.Cc1ccc(F)cc1. The van der Waals surface area contributed by atoms with Crippen LogP contribution in [-0.2, 0) is 19.1 Å². The molecule has 216 valence electrons. The van der Waals surface area contributed by atoms with Crippen LogP contribution in [0.3, 0.4) is 0 Å². The smallest absolute Gasteiger partial charge is 0.240 e. The molecule has 1 aromatic rings. The molecule has 39 heavy (non-hydrogen) atoms. The second-order valence-electron chi connectivity index (χ2n) is 9.77. The molecule has 8 nitrogen and oxygen atoms in total. The summed E-state index contributed by atoms with van der Waals surface area (Å²) in [4.78, 5) is 38.3. The van der Waals surface area contributed by atoms with E-state index in [0.717, 1.165) is 29.7 Å². The monoisotopic (exact) mass is 544 g/mol. The van der Waals surface area contributed by atoms with E-state index in [4.69, 9.17) is 4.74 Å². The van der Waals surface area contributed by atoms with E-state index in [1.54, 1.807) is 19.2 Å². The molecular weight excluding hydrogens is 499 g/mol. The molecule has 0 fully saturated rings. The fourth-order valence-corrected chi connectivity index (χ4v) is 3.62. The first-order chi connectivity index (χ1) is 18.5. The molecule has 0 aliphatic carbocycles. The number of likely N-dealkylation sites (N-methyl/N-ethyl adjacent to an activating group) is 1. The molecule has 2 rings (SSSR count). The number of amides is 3. The molecule has 1 aliphatic rings. The van der Waals surface area contributed by atoms with E-state index < -0.39 is 6.04 Å². The number of aryl methyl sites for hydroxylation is 1. The van der Waals surface area contributed by atoms with Gasteiger partial charge in [0.2, 0.25) is 17.7 Å². The summed E-state index contributed by atoms with van der Waals surface area (Å²) in [5.74, 6) is -0.123. The molecule has 1 aromatic carbocycles. The summed E-state index contributed by atoms with van der Waals surface area (Å²) in [6, 6.07) is 5.96. The van der Waals surface area contributed by atoms with E-state index in [9.17, 15) is 18.8 Å². The van der Waals surface area contributed by atoms with Gasteiger partial charge in [-0.2, -0.15) is 0 Å². The Morgan fingerprint density at radius 1 is 1.03 bits per heavy atom. The summed E-state index contributed by atoms with van der Waals surface area (Å²) >= 11 is 0. The van der Waals surface area contributed by atoms with Crippen LogP contribution >= 0.6 is 0 Å². The van der Waals surface area contributed by atoms with Gasteiger partial charge in [-0.3, -0.25) is 14.4 Å². The van der Waals surface area contributed by atoms with Crippen molar-refractivity contribution in [2.45, 2.75) is 53.5 Å². The lowest BCUT2D eigenvalue weighted by Gasteiger charge is -2.27. The minimum Gasteiger partial charge on any atom is -0.492 e. The molecule has 0 bridgehead atoms. The number of rotatable bonds is 3. The molecule has 0 saturated heterocycles. The van der Waals surface area contributed by atoms with Crippen LogP contribution in [0.1, 0.15) is 46.1 Å². The number of hydrogen-bond acceptors (Lipinski definition) is 5. The van der Waals surface area contributed by atoms with Crippen LogP contribution in [-0.4, -0.2) is 68.5 Å². The highest BCUT2D eigenvalue weighted by Gasteiger charge is 2.26. The van der Waals surface area contributed by atoms with E-state index >= 15 is 0 Å². The lowest BCUT2D eigenvalue weighted by molar-refractivity contribution is -0.137. The Labute approximate surface area is 232 Å². The molecule has 1 atom stereocenters. The van der Waals surface area contributed by atoms with Crippen molar-refractivity contribution in [3.63, 3.8) is 0 Å². The Balaban J connectivity index is 0.000000806. The van der Waals surface area contributed by atoms with Gasteiger partial charge in [0.15, 0.2) is 0 Å². The van der Waals surface area contributed by atoms with Crippen LogP contribution in [0, 0.1) is 18.7 Å². The number of halogens is 1. The Bertz CT molecular complexity index is 982. The molecule has 9 heteroatoms. The standard InChI is InChI=1S/C23H38N4O4.C7H7F/c1-6-7-8-11-19-18(4)10-9-12-24-20(28)15-26-21(29)16-27(5)23(30)22(17(2)3)25-13-14-31-19;1-6-2-4-7(8)5-3-6/h6-8,11,17,22,25H,9-10,12-16H2,1-5H3,(H,24,28)(H,26,29);2-5H,1H3/b7-6-,11-8-,19-18-;. The second kappa shape index (κ2) is 18.7. The van der Waals surface area contributed by atoms with E-state index in [1.165, 1.54) is 17.0 Å². The molecule has 0 saturated carbocycles. The van der Waals surface area contributed by atoms with Gasteiger partial charge in [-0.25, -0.2) is 4.39 Å². The maximum atomic E-state index is 12.8. The first kappa shape index (κ1) is 33.6. The largest absolute Gasteiger partial charge is 0.492 e. The van der Waals surface area contributed by atoms with Crippen LogP contribution in [0.5, 0.6) is 0 Å². The topological polar surface area (TPSA) is 99.8 Å². The molecule has 1 aliphatic heterocycles. The lowest BCUT2D eigenvalue weighted by Crippen LogP contribution is -2.51. The van der Waals surface area contributed by atoms with Crippen molar-refractivity contribution in [1.29, 1.82) is 0 Å². The Kier molecular flexibility index (Phi) is 16.1. The summed E-state index contributed by atoms with van der Waals surface area (Å²) < 4.78 is 18.1. The summed E-state index contributed by atoms with van der Waals surface area (Å²) in [5.41, 5.74) is 2.17. The Morgan fingerprint density at radius 2 is 1.72 bits per heavy atom. The number of nitrogens with zero attached hydrogens (tertiary/aromatic N) is 1. The van der Waals surface area contributed by atoms with Crippen LogP contribution in [0.4, 0.5) is 4.39 Å². The number of allylic oxidation sites excluding steroid dienone is 5. The lowest BCUT2D eigenvalue weighted by atomic mass is 10.0. The van der Waals surface area contributed by atoms with Gasteiger partial charge in [0.25, 0.3) is 0 Å². The van der Waals surface area contributed by atoms with Crippen molar-refractivity contribution in [1.82, 2.24) is 20.9 Å². The highest BCUT2D eigenvalue weighted by molar-refractivity contribution is 5.89. The number of hydrogen-bond donors (Lipinski definition) is 3. The van der Waals surface area contributed by atoms with Crippen LogP contribution in [0.2, 0.25) is 0 Å². The summed E-state index contributed by atoms with van der Waals surface area (Å²) in [6.07, 6.45) is 9.27. The molecule has 0 radical (unpaired) electrons. The van der Waals surface area contributed by atoms with E-state index in [1.807, 2.05) is 58.9 Å². The number of carbonyl (C=O) groups is 3. The van der Waals surface area contributed by atoms with Gasteiger partial charge >= 0.3 is 0 Å². The average Bonchev–Trinajstić information content (AvgIpc) is 2.89. The van der Waals surface area contributed by atoms with Crippen molar-refractivity contribution >= 4 is 17.7 Å². The van der Waals surface area contributed by atoms with Gasteiger partial charge in [0.05, 0.1) is 19.1 Å². The molecule has 1 heterocycles. The van der Waals surface area contributed by atoms with Crippen molar-refractivity contribution in [2.75, 3.05) is 39.8 Å². The quantitative estimate of drug-likeness (QED) is 0.505. The zero-order valence-corrected chi connectivity index (χ0v) is 24.2. The van der Waals surface area contributed by atoms with Gasteiger partial charge in [-0.05, 0) is 63.3 Å². The van der Waals surface area contributed by atoms with Crippen molar-refractivity contribution in [3.05, 3.63) is 71.3 Å². The normalized spacial score (nSPS) is 21.1. The maximum Gasteiger partial charge on any atom is 0.240 e. The van der Waals surface area contributed by atoms with Crippen LogP contribution < -0.4 is 16.0 Å².